The Morgan fingerprint density at radius 2 is 1.55 bits per heavy atom. The Morgan fingerprint density at radius 3 is 2.14 bits per heavy atom. The number of hydrogen-bond acceptors (Lipinski definition) is 5. The molecule has 0 aromatic heterocycles. The molecule has 0 spiro atoms. The molecule has 1 saturated heterocycles. The summed E-state index contributed by atoms with van der Waals surface area (Å²) in [5, 5.41) is 15.0. The first-order valence-corrected chi connectivity index (χ1v) is 10.1. The number of nitrogens with one attached hydrogen (secondary N) is 1. The third-order valence-electron chi connectivity index (χ3n) is 5.39. The number of benzene rings is 2. The van der Waals surface area contributed by atoms with E-state index in [1.54, 1.807) is 0 Å². The molecule has 1 heterocycles. The maximum Gasteiger partial charge on any atom is 0.0578 e. The van der Waals surface area contributed by atoms with Gasteiger partial charge in [-0.05, 0) is 31.5 Å². The number of nitrogens with zero attached hydrogens (tertiary/aromatic N) is 4. The number of anilines is 1. The molecule has 0 atom stereocenters. The maximum absolute atomic E-state index is 8.21. The molecule has 5 nitrogen and oxygen atoms in total. The lowest BCUT2D eigenvalue weighted by Gasteiger charge is -2.33. The molecule has 0 saturated carbocycles. The van der Waals surface area contributed by atoms with E-state index in [0.29, 0.717) is 5.71 Å². The fraction of sp³-hybridized carbons (Fsp3) is 0.333. The van der Waals surface area contributed by atoms with E-state index in [0.717, 1.165) is 49.7 Å². The van der Waals surface area contributed by atoms with E-state index >= 15 is 0 Å². The summed E-state index contributed by atoms with van der Waals surface area (Å²) >= 11 is 0. The van der Waals surface area contributed by atoms with Gasteiger partial charge >= 0.3 is 0 Å². The van der Waals surface area contributed by atoms with Crippen LogP contribution in [0.15, 0.2) is 77.0 Å². The number of para-hydroxylation sites is 1. The second-order valence-electron chi connectivity index (χ2n) is 7.48. The molecule has 0 radical (unpaired) electrons. The average molecular weight is 390 g/mol. The number of hydrogen-bond donors (Lipinski definition) is 1. The predicted molar refractivity (Wildman–Crippen MR) is 123 cm³/mol. The first kappa shape index (κ1) is 20.8. The fourth-order valence-corrected chi connectivity index (χ4v) is 3.48. The van der Waals surface area contributed by atoms with E-state index in [-0.39, 0.29) is 0 Å². The van der Waals surface area contributed by atoms with Gasteiger partial charge in [-0.15, -0.1) is 0 Å². The lowest BCUT2D eigenvalue weighted by Crippen LogP contribution is -2.43. The maximum atomic E-state index is 8.21. The van der Waals surface area contributed by atoms with Crippen molar-refractivity contribution >= 4 is 17.6 Å². The molecule has 152 valence electrons. The molecule has 1 N–H and O–H groups in total. The summed E-state index contributed by atoms with van der Waals surface area (Å²) in [7, 11) is 2.03. The minimum absolute atomic E-state index is 0.525. The number of allylic oxidation sites excluding steroid dienone is 2. The average Bonchev–Trinajstić information content (AvgIpc) is 2.75. The molecule has 5 heteroatoms. The third kappa shape index (κ3) is 5.78. The van der Waals surface area contributed by atoms with Gasteiger partial charge in [-0.1, -0.05) is 48.5 Å². The lowest BCUT2D eigenvalue weighted by atomic mass is 10.1. The first-order chi connectivity index (χ1) is 14.0. The second kappa shape index (κ2) is 10.0. The van der Waals surface area contributed by atoms with E-state index < -0.39 is 0 Å². The van der Waals surface area contributed by atoms with Crippen molar-refractivity contribution in [3.05, 3.63) is 77.5 Å². The van der Waals surface area contributed by atoms with Crippen LogP contribution < -0.4 is 4.90 Å². The van der Waals surface area contributed by atoms with Gasteiger partial charge in [0.05, 0.1) is 6.21 Å². The van der Waals surface area contributed by atoms with Crippen LogP contribution in [0, 0.1) is 5.41 Å². The molecule has 0 bridgehead atoms. The molecule has 1 aliphatic rings. The van der Waals surface area contributed by atoms with E-state index in [4.69, 9.17) is 10.5 Å². The Morgan fingerprint density at radius 1 is 0.966 bits per heavy atom. The van der Waals surface area contributed by atoms with Gasteiger partial charge < -0.3 is 10.3 Å². The molecule has 2 aromatic rings. The Bertz CT molecular complexity index is 849. The first-order valence-electron chi connectivity index (χ1n) is 10.1. The van der Waals surface area contributed by atoms with Crippen LogP contribution in [0.1, 0.15) is 19.4 Å². The van der Waals surface area contributed by atoms with Gasteiger partial charge in [0.1, 0.15) is 0 Å². The van der Waals surface area contributed by atoms with Gasteiger partial charge in [-0.25, -0.2) is 0 Å². The molecule has 0 aliphatic carbocycles. The number of hydrazone groups is 1. The van der Waals surface area contributed by atoms with Crippen molar-refractivity contribution in [2.75, 3.05) is 38.1 Å². The molecule has 2 aromatic carbocycles. The standard InChI is InChI=1S/C24H31N5/c1-20(25)24(21(2)27(3)23-12-8-5-9-13-23)18-26-29-16-14-28(15-17-29)19-22-10-6-4-7-11-22/h4-13,18,25H,14-17,19H2,1-3H3. The van der Waals surface area contributed by atoms with Crippen LogP contribution in [0.4, 0.5) is 5.69 Å². The summed E-state index contributed by atoms with van der Waals surface area (Å²) in [4.78, 5) is 4.57. The Kier molecular flexibility index (Phi) is 7.19. The van der Waals surface area contributed by atoms with Crippen LogP contribution >= 0.6 is 0 Å². The van der Waals surface area contributed by atoms with Gasteiger partial charge in [0, 0.05) is 62.4 Å². The minimum atomic E-state index is 0.525. The van der Waals surface area contributed by atoms with Crippen molar-refractivity contribution in [3.8, 4) is 0 Å². The molecule has 0 amide bonds. The summed E-state index contributed by atoms with van der Waals surface area (Å²) < 4.78 is 0. The normalized spacial score (nSPS) is 16.0. The van der Waals surface area contributed by atoms with Crippen molar-refractivity contribution in [2.45, 2.75) is 20.4 Å². The summed E-state index contributed by atoms with van der Waals surface area (Å²) in [6.07, 6.45) is 1.85. The van der Waals surface area contributed by atoms with Crippen molar-refractivity contribution in [1.29, 1.82) is 5.41 Å². The SMILES string of the molecule is CC(=N)C(C=NN1CCN(Cc2ccccc2)CC1)=C(C)N(C)c1ccccc1. The highest BCUT2D eigenvalue weighted by atomic mass is 15.5. The van der Waals surface area contributed by atoms with E-state index in [1.165, 1.54) is 5.56 Å². The zero-order valence-corrected chi connectivity index (χ0v) is 17.7. The Labute approximate surface area is 174 Å². The summed E-state index contributed by atoms with van der Waals surface area (Å²) in [6.45, 7) is 8.66. The predicted octanol–water partition coefficient (Wildman–Crippen LogP) is 4.24. The minimum Gasteiger partial charge on any atom is -0.348 e. The second-order valence-corrected chi connectivity index (χ2v) is 7.48. The Hall–Kier alpha value is -2.92. The Balaban J connectivity index is 1.62. The van der Waals surface area contributed by atoms with Crippen LogP contribution in [0.25, 0.3) is 0 Å². The van der Waals surface area contributed by atoms with E-state index in [9.17, 15) is 0 Å². The molecule has 1 aliphatic heterocycles. The highest BCUT2D eigenvalue weighted by molar-refractivity contribution is 6.14. The fourth-order valence-electron chi connectivity index (χ4n) is 3.48. The van der Waals surface area contributed by atoms with Gasteiger partial charge in [0.2, 0.25) is 0 Å². The molecule has 0 unspecified atom stereocenters. The molecule has 29 heavy (non-hydrogen) atoms. The van der Waals surface area contributed by atoms with E-state index in [2.05, 4.69) is 57.3 Å². The molecular formula is C24H31N5. The quantitative estimate of drug-likeness (QED) is 0.721. The third-order valence-corrected chi connectivity index (χ3v) is 5.39. The smallest absolute Gasteiger partial charge is 0.0578 e. The lowest BCUT2D eigenvalue weighted by molar-refractivity contribution is 0.131. The zero-order valence-electron chi connectivity index (χ0n) is 17.7. The van der Waals surface area contributed by atoms with Crippen LogP contribution in [0.5, 0.6) is 0 Å². The summed E-state index contributed by atoms with van der Waals surface area (Å²) in [5.41, 5.74) is 4.87. The van der Waals surface area contributed by atoms with Crippen LogP contribution in [-0.4, -0.2) is 55.1 Å². The van der Waals surface area contributed by atoms with Gasteiger partial charge in [0.25, 0.3) is 0 Å². The highest BCUT2D eigenvalue weighted by Gasteiger charge is 2.16. The molecular weight excluding hydrogens is 358 g/mol. The van der Waals surface area contributed by atoms with Crippen molar-refractivity contribution < 1.29 is 0 Å². The monoisotopic (exact) mass is 389 g/mol. The van der Waals surface area contributed by atoms with Gasteiger partial charge in [0.15, 0.2) is 0 Å². The number of piperazine rings is 1. The largest absolute Gasteiger partial charge is 0.348 e. The van der Waals surface area contributed by atoms with Gasteiger partial charge in [-0.3, -0.25) is 9.91 Å². The molecule has 1 fully saturated rings. The van der Waals surface area contributed by atoms with Crippen LogP contribution in [0.2, 0.25) is 0 Å². The van der Waals surface area contributed by atoms with Crippen LogP contribution in [-0.2, 0) is 6.54 Å². The highest BCUT2D eigenvalue weighted by Crippen LogP contribution is 2.19. The zero-order chi connectivity index (χ0) is 20.6. The van der Waals surface area contributed by atoms with E-state index in [1.807, 2.05) is 45.3 Å². The van der Waals surface area contributed by atoms with Crippen molar-refractivity contribution in [1.82, 2.24) is 9.91 Å². The summed E-state index contributed by atoms with van der Waals surface area (Å²) in [6, 6.07) is 20.8. The van der Waals surface area contributed by atoms with Crippen molar-refractivity contribution in [2.24, 2.45) is 5.10 Å². The number of rotatable bonds is 7. The molecule has 3 rings (SSSR count). The van der Waals surface area contributed by atoms with Crippen LogP contribution in [0.3, 0.4) is 0 Å². The van der Waals surface area contributed by atoms with Crippen molar-refractivity contribution in [3.63, 3.8) is 0 Å². The van der Waals surface area contributed by atoms with Gasteiger partial charge in [-0.2, -0.15) is 5.10 Å². The topological polar surface area (TPSA) is 45.9 Å². The summed E-state index contributed by atoms with van der Waals surface area (Å²) in [5.74, 6) is 0.